The number of ketones is 1. The van der Waals surface area contributed by atoms with Crippen molar-refractivity contribution >= 4 is 33.4 Å². The van der Waals surface area contributed by atoms with Crippen LogP contribution in [-0.4, -0.2) is 41.0 Å². The van der Waals surface area contributed by atoms with Gasteiger partial charge in [-0.1, -0.05) is 66.2 Å². The minimum absolute atomic E-state index is 0.0993. The zero-order valence-corrected chi connectivity index (χ0v) is 20.6. The molecule has 2 aromatic carbocycles. The Balaban J connectivity index is 2.03. The average Bonchev–Trinajstić information content (AvgIpc) is 3.01. The van der Waals surface area contributed by atoms with Crippen LogP contribution in [0.2, 0.25) is 0 Å². The summed E-state index contributed by atoms with van der Waals surface area (Å²) in [7, 11) is 0. The van der Waals surface area contributed by atoms with Gasteiger partial charge in [-0.3, -0.25) is 9.59 Å². The molecule has 1 atom stereocenters. The van der Waals surface area contributed by atoms with Crippen molar-refractivity contribution in [3.63, 3.8) is 0 Å². The fourth-order valence-corrected chi connectivity index (χ4v) is 4.10. The summed E-state index contributed by atoms with van der Waals surface area (Å²) in [5.74, 6) is -1.04. The van der Waals surface area contributed by atoms with Crippen LogP contribution >= 0.6 is 15.9 Å². The summed E-state index contributed by atoms with van der Waals surface area (Å²) in [5, 5.41) is 11.1. The van der Waals surface area contributed by atoms with Crippen molar-refractivity contribution < 1.29 is 19.4 Å². The van der Waals surface area contributed by atoms with E-state index in [9.17, 15) is 14.7 Å². The minimum atomic E-state index is -0.659. The molecule has 1 N–H and O–H groups in total. The van der Waals surface area contributed by atoms with Crippen LogP contribution in [0.3, 0.4) is 0 Å². The summed E-state index contributed by atoms with van der Waals surface area (Å²) in [6.07, 6.45) is 0.701. The molecule has 0 aromatic heterocycles. The first-order valence-corrected chi connectivity index (χ1v) is 11.8. The fourth-order valence-electron chi connectivity index (χ4n) is 3.84. The quantitative estimate of drug-likeness (QED) is 0.215. The van der Waals surface area contributed by atoms with Crippen molar-refractivity contribution in [2.75, 3.05) is 13.2 Å². The molecule has 0 radical (unpaired) electrons. The normalized spacial score (nSPS) is 18.2. The van der Waals surface area contributed by atoms with Crippen LogP contribution in [0, 0.1) is 0 Å². The number of aliphatic hydroxyl groups is 1. The molecule has 0 spiro atoms. The number of aliphatic hydroxyl groups excluding tert-OH is 1. The lowest BCUT2D eigenvalue weighted by atomic mass is 9.93. The third-order valence-electron chi connectivity index (χ3n) is 5.57. The maximum Gasteiger partial charge on any atom is 0.295 e. The van der Waals surface area contributed by atoms with Gasteiger partial charge in [-0.05, 0) is 49.4 Å². The fraction of sp³-hybridized carbons (Fsp3) is 0.385. The van der Waals surface area contributed by atoms with Gasteiger partial charge in [-0.25, -0.2) is 0 Å². The Kier molecular flexibility index (Phi) is 7.91. The molecule has 1 amide bonds. The van der Waals surface area contributed by atoms with Crippen molar-refractivity contribution in [2.45, 2.75) is 52.2 Å². The number of likely N-dealkylation sites (tertiary alicyclic amines) is 1. The molecular formula is C26H30BrNO4. The lowest BCUT2D eigenvalue weighted by molar-refractivity contribution is -0.140. The number of ether oxygens (including phenoxy) is 1. The Hall–Kier alpha value is -2.44. The van der Waals surface area contributed by atoms with Crippen LogP contribution in [0.25, 0.3) is 5.76 Å². The number of rotatable bonds is 8. The number of nitrogens with zero attached hydrogens (tertiary/aromatic N) is 1. The number of halogens is 1. The molecule has 170 valence electrons. The highest BCUT2D eigenvalue weighted by atomic mass is 79.9. The molecule has 1 aliphatic heterocycles. The zero-order chi connectivity index (χ0) is 23.4. The molecule has 1 saturated heterocycles. The maximum atomic E-state index is 13.0. The highest BCUT2D eigenvalue weighted by molar-refractivity contribution is 9.10. The summed E-state index contributed by atoms with van der Waals surface area (Å²) in [6, 6.07) is 14.3. The van der Waals surface area contributed by atoms with Crippen molar-refractivity contribution in [3.8, 4) is 0 Å². The summed E-state index contributed by atoms with van der Waals surface area (Å²) in [6.45, 7) is 9.01. The summed E-state index contributed by atoms with van der Waals surface area (Å²) >= 11 is 3.38. The first kappa shape index (κ1) is 24.2. The highest BCUT2D eigenvalue weighted by Gasteiger charge is 2.45. The lowest BCUT2D eigenvalue weighted by Crippen LogP contribution is -2.31. The largest absolute Gasteiger partial charge is 0.507 e. The van der Waals surface area contributed by atoms with E-state index < -0.39 is 17.7 Å². The van der Waals surface area contributed by atoms with Crippen LogP contribution in [0.1, 0.15) is 62.8 Å². The van der Waals surface area contributed by atoms with Crippen LogP contribution in [0.15, 0.2) is 58.6 Å². The van der Waals surface area contributed by atoms with Gasteiger partial charge in [0.05, 0.1) is 17.7 Å². The van der Waals surface area contributed by atoms with E-state index in [1.807, 2.05) is 38.1 Å². The second-order valence-corrected chi connectivity index (χ2v) is 9.51. The van der Waals surface area contributed by atoms with Crippen molar-refractivity contribution in [1.29, 1.82) is 0 Å². The van der Waals surface area contributed by atoms with Crippen LogP contribution in [-0.2, 0) is 14.3 Å². The van der Waals surface area contributed by atoms with Crippen molar-refractivity contribution in [2.24, 2.45) is 0 Å². The van der Waals surface area contributed by atoms with Gasteiger partial charge in [0, 0.05) is 23.2 Å². The second kappa shape index (κ2) is 10.5. The van der Waals surface area contributed by atoms with Gasteiger partial charge in [0.15, 0.2) is 0 Å². The number of carbonyl (C=O) groups is 2. The molecule has 1 fully saturated rings. The molecule has 6 heteroatoms. The smallest absolute Gasteiger partial charge is 0.295 e. The Morgan fingerprint density at radius 1 is 1.03 bits per heavy atom. The number of Topliss-reactive ketones (excluding diaryl/α,β-unsaturated/α-hetero) is 1. The van der Waals surface area contributed by atoms with E-state index in [4.69, 9.17) is 4.74 Å². The predicted molar refractivity (Wildman–Crippen MR) is 129 cm³/mol. The van der Waals surface area contributed by atoms with Crippen LogP contribution < -0.4 is 0 Å². The second-order valence-electron chi connectivity index (χ2n) is 8.59. The number of benzene rings is 2. The van der Waals surface area contributed by atoms with Gasteiger partial charge in [0.1, 0.15) is 5.76 Å². The summed E-state index contributed by atoms with van der Waals surface area (Å²) in [4.78, 5) is 27.6. The molecule has 3 rings (SSSR count). The highest BCUT2D eigenvalue weighted by Crippen LogP contribution is 2.39. The van der Waals surface area contributed by atoms with Gasteiger partial charge < -0.3 is 14.7 Å². The van der Waals surface area contributed by atoms with Gasteiger partial charge in [0.2, 0.25) is 0 Å². The number of carbonyl (C=O) groups excluding carboxylic acids is 2. The molecule has 32 heavy (non-hydrogen) atoms. The van der Waals surface area contributed by atoms with Crippen molar-refractivity contribution in [1.82, 2.24) is 4.90 Å². The molecule has 5 nitrogen and oxygen atoms in total. The summed E-state index contributed by atoms with van der Waals surface area (Å²) < 4.78 is 6.47. The topological polar surface area (TPSA) is 66.8 Å². The summed E-state index contributed by atoms with van der Waals surface area (Å²) in [5.41, 5.74) is 2.60. The van der Waals surface area contributed by atoms with Crippen LogP contribution in [0.5, 0.6) is 0 Å². The number of amides is 1. The third kappa shape index (κ3) is 5.30. The molecule has 0 aliphatic carbocycles. The van der Waals surface area contributed by atoms with E-state index in [1.54, 1.807) is 29.2 Å². The Morgan fingerprint density at radius 3 is 2.22 bits per heavy atom. The van der Waals surface area contributed by atoms with Crippen molar-refractivity contribution in [3.05, 3.63) is 75.3 Å². The monoisotopic (exact) mass is 499 g/mol. The molecule has 1 aliphatic rings. The molecule has 0 bridgehead atoms. The molecule has 0 unspecified atom stereocenters. The SMILES string of the molecule is CC(C)OCCCN1C(=O)C(=O)C(=C(O)c2ccc(Br)cc2)[C@H]1c1ccc(C(C)C)cc1. The van der Waals surface area contributed by atoms with E-state index in [0.29, 0.717) is 31.1 Å². The zero-order valence-electron chi connectivity index (χ0n) is 19.0. The van der Waals surface area contributed by atoms with E-state index >= 15 is 0 Å². The van der Waals surface area contributed by atoms with E-state index in [2.05, 4.69) is 29.8 Å². The first-order chi connectivity index (χ1) is 15.2. The van der Waals surface area contributed by atoms with E-state index in [1.165, 1.54) is 5.56 Å². The van der Waals surface area contributed by atoms with Gasteiger partial charge in [0.25, 0.3) is 11.7 Å². The minimum Gasteiger partial charge on any atom is -0.507 e. The average molecular weight is 500 g/mol. The van der Waals surface area contributed by atoms with E-state index in [0.717, 1.165) is 10.0 Å². The third-order valence-corrected chi connectivity index (χ3v) is 6.10. The Labute approximate surface area is 198 Å². The Morgan fingerprint density at radius 2 is 1.66 bits per heavy atom. The van der Waals surface area contributed by atoms with E-state index in [-0.39, 0.29) is 17.4 Å². The predicted octanol–water partition coefficient (Wildman–Crippen LogP) is 5.81. The molecule has 2 aromatic rings. The number of hydrogen-bond donors (Lipinski definition) is 1. The molecule has 1 heterocycles. The van der Waals surface area contributed by atoms with Crippen LogP contribution in [0.4, 0.5) is 0 Å². The van der Waals surface area contributed by atoms with Gasteiger partial charge in [-0.15, -0.1) is 0 Å². The van der Waals surface area contributed by atoms with Gasteiger partial charge in [-0.2, -0.15) is 0 Å². The standard InChI is InChI=1S/C26H30BrNO4/c1-16(2)18-6-8-19(9-7-18)23-22(24(29)20-10-12-21(27)13-11-20)25(30)26(31)28(23)14-5-15-32-17(3)4/h6-13,16-17,23,29H,5,14-15H2,1-4H3/t23-/m1/s1. The number of hydrogen-bond acceptors (Lipinski definition) is 4. The molecular weight excluding hydrogens is 470 g/mol. The van der Waals surface area contributed by atoms with Gasteiger partial charge >= 0.3 is 0 Å². The maximum absolute atomic E-state index is 13.0. The first-order valence-electron chi connectivity index (χ1n) is 11.0. The lowest BCUT2D eigenvalue weighted by Gasteiger charge is -2.26. The molecule has 0 saturated carbocycles. The Bertz CT molecular complexity index is 993.